The molecule has 0 saturated heterocycles. The summed E-state index contributed by atoms with van der Waals surface area (Å²) in [5.41, 5.74) is 1.65. The van der Waals surface area contributed by atoms with Crippen LogP contribution in [-0.4, -0.2) is 32.1 Å². The van der Waals surface area contributed by atoms with E-state index in [0.29, 0.717) is 29.3 Å². The van der Waals surface area contributed by atoms with Crippen LogP contribution >= 0.6 is 0 Å². The zero-order chi connectivity index (χ0) is 17.4. The zero-order valence-corrected chi connectivity index (χ0v) is 13.7. The number of carbonyl (C=O) groups is 2. The van der Waals surface area contributed by atoms with Crippen molar-refractivity contribution < 1.29 is 19.1 Å². The molecule has 0 radical (unpaired) electrons. The van der Waals surface area contributed by atoms with Crippen molar-refractivity contribution in [2.75, 3.05) is 31.0 Å². The molecule has 2 aromatic carbocycles. The Morgan fingerprint density at radius 1 is 1.00 bits per heavy atom. The van der Waals surface area contributed by atoms with E-state index in [1.54, 1.807) is 55.6 Å². The second kappa shape index (κ2) is 8.69. The van der Waals surface area contributed by atoms with Crippen LogP contribution in [0.15, 0.2) is 48.5 Å². The molecule has 0 aliphatic heterocycles. The van der Waals surface area contributed by atoms with E-state index in [9.17, 15) is 9.59 Å². The van der Waals surface area contributed by atoms with Crippen LogP contribution in [0, 0.1) is 0 Å². The van der Waals surface area contributed by atoms with Crippen molar-refractivity contribution in [1.82, 2.24) is 0 Å². The molecule has 0 heterocycles. The van der Waals surface area contributed by atoms with Crippen molar-refractivity contribution in [2.24, 2.45) is 0 Å². The highest BCUT2D eigenvalue weighted by molar-refractivity contribution is 6.05. The number of hydrogen-bond donors (Lipinski definition) is 2. The molecule has 0 fully saturated rings. The van der Waals surface area contributed by atoms with Gasteiger partial charge in [-0.05, 0) is 49.4 Å². The number of rotatable bonds is 7. The lowest BCUT2D eigenvalue weighted by molar-refractivity contribution is -0.120. The predicted molar refractivity (Wildman–Crippen MR) is 92.5 cm³/mol. The van der Waals surface area contributed by atoms with Crippen LogP contribution < -0.4 is 15.4 Å². The lowest BCUT2D eigenvalue weighted by Crippen LogP contribution is -2.19. The van der Waals surface area contributed by atoms with Crippen LogP contribution in [-0.2, 0) is 9.53 Å². The molecular formula is C18H20N2O4. The molecule has 126 valence electrons. The Morgan fingerprint density at radius 2 is 1.75 bits per heavy atom. The minimum Gasteiger partial charge on any atom is -0.497 e. The third kappa shape index (κ3) is 5.10. The maximum atomic E-state index is 12.3. The summed E-state index contributed by atoms with van der Waals surface area (Å²) in [6.07, 6.45) is 0. The van der Waals surface area contributed by atoms with E-state index >= 15 is 0 Å². The Bertz CT molecular complexity index is 698. The third-order valence-corrected chi connectivity index (χ3v) is 3.19. The van der Waals surface area contributed by atoms with Gasteiger partial charge in [-0.2, -0.15) is 0 Å². The molecule has 0 aromatic heterocycles. The quantitative estimate of drug-likeness (QED) is 0.819. The predicted octanol–water partition coefficient (Wildman–Crippen LogP) is 2.92. The summed E-state index contributed by atoms with van der Waals surface area (Å²) in [4.78, 5) is 24.0. The van der Waals surface area contributed by atoms with Gasteiger partial charge in [0.2, 0.25) is 5.91 Å². The van der Waals surface area contributed by atoms with E-state index in [4.69, 9.17) is 9.47 Å². The molecule has 0 atom stereocenters. The van der Waals surface area contributed by atoms with E-state index in [1.807, 2.05) is 6.92 Å². The summed E-state index contributed by atoms with van der Waals surface area (Å²) >= 11 is 0. The Balaban J connectivity index is 2.01. The summed E-state index contributed by atoms with van der Waals surface area (Å²) in [5.74, 6) is 0.192. The standard InChI is InChI=1S/C18H20N2O4/c1-3-24-12-17(21)19-15-6-4-5-13(11-15)18(22)20-14-7-9-16(23-2)10-8-14/h4-11H,3,12H2,1-2H3,(H,19,21)(H,20,22). The molecule has 2 amide bonds. The third-order valence-electron chi connectivity index (χ3n) is 3.19. The first-order valence-corrected chi connectivity index (χ1v) is 7.55. The van der Waals surface area contributed by atoms with E-state index < -0.39 is 0 Å². The van der Waals surface area contributed by atoms with Crippen molar-refractivity contribution >= 4 is 23.2 Å². The molecule has 6 nitrogen and oxygen atoms in total. The molecule has 6 heteroatoms. The van der Waals surface area contributed by atoms with Crippen molar-refractivity contribution in [1.29, 1.82) is 0 Å². The summed E-state index contributed by atoms with van der Waals surface area (Å²) in [6, 6.07) is 13.8. The lowest BCUT2D eigenvalue weighted by Gasteiger charge is -2.09. The number of anilines is 2. The minimum absolute atomic E-state index is 0.0151. The maximum absolute atomic E-state index is 12.3. The number of ether oxygens (including phenoxy) is 2. The summed E-state index contributed by atoms with van der Waals surface area (Å²) in [6.45, 7) is 2.27. The Kier molecular flexibility index (Phi) is 6.33. The van der Waals surface area contributed by atoms with Gasteiger partial charge in [-0.25, -0.2) is 0 Å². The van der Waals surface area contributed by atoms with Crippen LogP contribution in [0.4, 0.5) is 11.4 Å². The summed E-state index contributed by atoms with van der Waals surface area (Å²) in [5, 5.41) is 5.48. The molecule has 2 aromatic rings. The number of nitrogens with one attached hydrogen (secondary N) is 2. The van der Waals surface area contributed by atoms with E-state index in [0.717, 1.165) is 0 Å². The topological polar surface area (TPSA) is 76.7 Å². The van der Waals surface area contributed by atoms with Crippen LogP contribution in [0.2, 0.25) is 0 Å². The fourth-order valence-corrected chi connectivity index (χ4v) is 2.01. The molecule has 2 rings (SSSR count). The molecule has 2 N–H and O–H groups in total. The van der Waals surface area contributed by atoms with Gasteiger partial charge in [0.25, 0.3) is 5.91 Å². The SMILES string of the molecule is CCOCC(=O)Nc1cccc(C(=O)Nc2ccc(OC)cc2)c1. The average Bonchev–Trinajstić information content (AvgIpc) is 2.61. The monoisotopic (exact) mass is 328 g/mol. The van der Waals surface area contributed by atoms with Crippen molar-refractivity contribution in [3.8, 4) is 5.75 Å². The first-order chi connectivity index (χ1) is 11.6. The second-order valence-electron chi connectivity index (χ2n) is 4.95. The number of amides is 2. The Morgan fingerprint density at radius 3 is 2.42 bits per heavy atom. The maximum Gasteiger partial charge on any atom is 0.255 e. The van der Waals surface area contributed by atoms with Gasteiger partial charge >= 0.3 is 0 Å². The molecule has 0 aliphatic rings. The zero-order valence-electron chi connectivity index (χ0n) is 13.7. The van der Waals surface area contributed by atoms with E-state index in [-0.39, 0.29) is 18.4 Å². The molecule has 24 heavy (non-hydrogen) atoms. The van der Waals surface area contributed by atoms with Gasteiger partial charge in [0.15, 0.2) is 0 Å². The molecule has 0 aliphatic carbocycles. The molecule has 0 bridgehead atoms. The van der Waals surface area contributed by atoms with Gasteiger partial charge < -0.3 is 20.1 Å². The molecule has 0 unspecified atom stereocenters. The number of benzene rings is 2. The largest absolute Gasteiger partial charge is 0.497 e. The van der Waals surface area contributed by atoms with Crippen molar-refractivity contribution in [3.63, 3.8) is 0 Å². The van der Waals surface area contributed by atoms with Gasteiger partial charge in [0, 0.05) is 23.5 Å². The highest BCUT2D eigenvalue weighted by Gasteiger charge is 2.08. The van der Waals surface area contributed by atoms with Gasteiger partial charge in [0.1, 0.15) is 12.4 Å². The fraction of sp³-hybridized carbons (Fsp3) is 0.222. The number of methoxy groups -OCH3 is 1. The first kappa shape index (κ1) is 17.5. The highest BCUT2D eigenvalue weighted by Crippen LogP contribution is 2.17. The van der Waals surface area contributed by atoms with Gasteiger partial charge in [0.05, 0.1) is 7.11 Å². The smallest absolute Gasteiger partial charge is 0.255 e. The van der Waals surface area contributed by atoms with Gasteiger partial charge in [-0.15, -0.1) is 0 Å². The Labute approximate surface area is 140 Å². The fourth-order valence-electron chi connectivity index (χ4n) is 2.01. The van der Waals surface area contributed by atoms with Gasteiger partial charge in [-0.1, -0.05) is 6.07 Å². The molecule has 0 saturated carbocycles. The first-order valence-electron chi connectivity index (χ1n) is 7.55. The summed E-state index contributed by atoms with van der Waals surface area (Å²) < 4.78 is 10.1. The van der Waals surface area contributed by atoms with Crippen molar-refractivity contribution in [2.45, 2.75) is 6.92 Å². The Hall–Kier alpha value is -2.86. The van der Waals surface area contributed by atoms with Crippen LogP contribution in [0.25, 0.3) is 0 Å². The average molecular weight is 328 g/mol. The second-order valence-corrected chi connectivity index (χ2v) is 4.95. The van der Waals surface area contributed by atoms with E-state index in [2.05, 4.69) is 10.6 Å². The number of hydrogen-bond acceptors (Lipinski definition) is 4. The van der Waals surface area contributed by atoms with Crippen molar-refractivity contribution in [3.05, 3.63) is 54.1 Å². The molecular weight excluding hydrogens is 308 g/mol. The lowest BCUT2D eigenvalue weighted by atomic mass is 10.2. The highest BCUT2D eigenvalue weighted by atomic mass is 16.5. The summed E-state index contributed by atoms with van der Waals surface area (Å²) in [7, 11) is 1.58. The van der Waals surface area contributed by atoms with Crippen LogP contribution in [0.3, 0.4) is 0 Å². The van der Waals surface area contributed by atoms with Crippen LogP contribution in [0.5, 0.6) is 5.75 Å². The minimum atomic E-state index is -0.263. The van der Waals surface area contributed by atoms with E-state index in [1.165, 1.54) is 0 Å². The molecule has 0 spiro atoms. The van der Waals surface area contributed by atoms with Crippen LogP contribution in [0.1, 0.15) is 17.3 Å². The van der Waals surface area contributed by atoms with Gasteiger partial charge in [-0.3, -0.25) is 9.59 Å². The normalized spacial score (nSPS) is 10.1. The number of carbonyl (C=O) groups excluding carboxylic acids is 2.